The summed E-state index contributed by atoms with van der Waals surface area (Å²) in [6.45, 7) is 2.90. The molecular formula is C15H23FN2. The second-order valence-corrected chi connectivity index (χ2v) is 5.34. The fourth-order valence-electron chi connectivity index (χ4n) is 3.48. The first-order valence-corrected chi connectivity index (χ1v) is 6.83. The molecule has 2 N–H and O–H groups in total. The monoisotopic (exact) mass is 250 g/mol. The molecule has 2 atom stereocenters. The number of rotatable bonds is 4. The molecule has 2 nitrogen and oxygen atoms in total. The quantitative estimate of drug-likeness (QED) is 0.889. The van der Waals surface area contributed by atoms with E-state index in [2.05, 4.69) is 18.9 Å². The predicted octanol–water partition coefficient (Wildman–Crippen LogP) is 3.17. The SMILES string of the molecule is CCC1CCCC1(CN)N(C)c1ccc(F)cc1. The Bertz CT molecular complexity index is 390. The van der Waals surface area contributed by atoms with Gasteiger partial charge in [-0.2, -0.15) is 0 Å². The minimum absolute atomic E-state index is 0.0482. The molecule has 2 unspecified atom stereocenters. The van der Waals surface area contributed by atoms with Gasteiger partial charge in [0.25, 0.3) is 0 Å². The summed E-state index contributed by atoms with van der Waals surface area (Å²) in [7, 11) is 2.09. The fraction of sp³-hybridized carbons (Fsp3) is 0.600. The molecule has 100 valence electrons. The molecule has 0 aliphatic heterocycles. The number of benzene rings is 1. The summed E-state index contributed by atoms with van der Waals surface area (Å²) >= 11 is 0. The Balaban J connectivity index is 2.29. The van der Waals surface area contributed by atoms with Gasteiger partial charge in [-0.1, -0.05) is 19.8 Å². The molecule has 1 fully saturated rings. The molecule has 18 heavy (non-hydrogen) atoms. The molecule has 3 heteroatoms. The second-order valence-electron chi connectivity index (χ2n) is 5.34. The van der Waals surface area contributed by atoms with Crippen LogP contribution in [0.25, 0.3) is 0 Å². The van der Waals surface area contributed by atoms with Crippen molar-refractivity contribution in [1.29, 1.82) is 0 Å². The third-order valence-electron chi connectivity index (χ3n) is 4.65. The Kier molecular flexibility index (Phi) is 3.91. The van der Waals surface area contributed by atoms with E-state index in [-0.39, 0.29) is 11.4 Å². The Hall–Kier alpha value is -1.09. The van der Waals surface area contributed by atoms with Crippen LogP contribution in [0, 0.1) is 11.7 Å². The molecule has 1 aromatic carbocycles. The number of hydrogen-bond acceptors (Lipinski definition) is 2. The van der Waals surface area contributed by atoms with Gasteiger partial charge in [-0.15, -0.1) is 0 Å². The number of nitrogens with zero attached hydrogens (tertiary/aromatic N) is 1. The van der Waals surface area contributed by atoms with Crippen LogP contribution in [0.3, 0.4) is 0 Å². The van der Waals surface area contributed by atoms with Crippen LogP contribution in [0.15, 0.2) is 24.3 Å². The summed E-state index contributed by atoms with van der Waals surface area (Å²) in [5.74, 6) is 0.449. The first kappa shape index (κ1) is 13.3. The van der Waals surface area contributed by atoms with E-state index in [9.17, 15) is 4.39 Å². The van der Waals surface area contributed by atoms with Gasteiger partial charge in [-0.05, 0) is 43.0 Å². The maximum Gasteiger partial charge on any atom is 0.123 e. The Morgan fingerprint density at radius 2 is 2.06 bits per heavy atom. The van der Waals surface area contributed by atoms with Crippen LogP contribution in [0.4, 0.5) is 10.1 Å². The Labute approximate surface area is 109 Å². The molecule has 1 aromatic rings. The normalized spacial score (nSPS) is 27.4. The van der Waals surface area contributed by atoms with Crippen molar-refractivity contribution in [2.24, 2.45) is 11.7 Å². The minimum Gasteiger partial charge on any atom is -0.367 e. The highest BCUT2D eigenvalue weighted by Gasteiger charge is 2.44. The van der Waals surface area contributed by atoms with Crippen molar-refractivity contribution >= 4 is 5.69 Å². The van der Waals surface area contributed by atoms with Crippen molar-refractivity contribution in [2.75, 3.05) is 18.5 Å². The van der Waals surface area contributed by atoms with E-state index < -0.39 is 0 Å². The second kappa shape index (κ2) is 5.27. The van der Waals surface area contributed by atoms with Gasteiger partial charge in [0.2, 0.25) is 0 Å². The van der Waals surface area contributed by atoms with Crippen LogP contribution in [0.1, 0.15) is 32.6 Å². The van der Waals surface area contributed by atoms with Crippen molar-refractivity contribution in [3.63, 3.8) is 0 Å². The lowest BCUT2D eigenvalue weighted by Gasteiger charge is -2.44. The van der Waals surface area contributed by atoms with Crippen LogP contribution in [0.2, 0.25) is 0 Å². The van der Waals surface area contributed by atoms with E-state index in [4.69, 9.17) is 5.73 Å². The summed E-state index contributed by atoms with van der Waals surface area (Å²) in [5.41, 5.74) is 7.19. The van der Waals surface area contributed by atoms with Gasteiger partial charge in [0, 0.05) is 19.3 Å². The molecule has 0 amide bonds. The van der Waals surface area contributed by atoms with Crippen molar-refractivity contribution in [3.05, 3.63) is 30.1 Å². The number of likely N-dealkylation sites (N-methyl/N-ethyl adjacent to an activating group) is 1. The summed E-state index contributed by atoms with van der Waals surface area (Å²) < 4.78 is 13.0. The van der Waals surface area contributed by atoms with E-state index in [1.54, 1.807) is 0 Å². The molecule has 1 aliphatic carbocycles. The van der Waals surface area contributed by atoms with E-state index >= 15 is 0 Å². The highest BCUT2D eigenvalue weighted by Crippen LogP contribution is 2.42. The minimum atomic E-state index is -0.188. The first-order chi connectivity index (χ1) is 8.64. The zero-order valence-electron chi connectivity index (χ0n) is 11.3. The highest BCUT2D eigenvalue weighted by atomic mass is 19.1. The van der Waals surface area contributed by atoms with Gasteiger partial charge >= 0.3 is 0 Å². The van der Waals surface area contributed by atoms with Crippen LogP contribution in [-0.2, 0) is 0 Å². The van der Waals surface area contributed by atoms with Crippen LogP contribution in [-0.4, -0.2) is 19.1 Å². The van der Waals surface area contributed by atoms with Crippen LogP contribution >= 0.6 is 0 Å². The van der Waals surface area contributed by atoms with Crippen molar-refractivity contribution in [3.8, 4) is 0 Å². The smallest absolute Gasteiger partial charge is 0.123 e. The molecule has 0 heterocycles. The van der Waals surface area contributed by atoms with Crippen LogP contribution in [0.5, 0.6) is 0 Å². The molecule has 0 aromatic heterocycles. The lowest BCUT2D eigenvalue weighted by atomic mass is 9.83. The third-order valence-corrected chi connectivity index (χ3v) is 4.65. The third kappa shape index (κ3) is 2.12. The molecular weight excluding hydrogens is 227 g/mol. The van der Waals surface area contributed by atoms with Gasteiger partial charge in [0.15, 0.2) is 0 Å². The predicted molar refractivity (Wildman–Crippen MR) is 74.2 cm³/mol. The maximum atomic E-state index is 13.0. The molecule has 0 radical (unpaired) electrons. The number of hydrogen-bond donors (Lipinski definition) is 1. The van der Waals surface area contributed by atoms with Gasteiger partial charge in [-0.3, -0.25) is 0 Å². The average molecular weight is 250 g/mol. The van der Waals surface area contributed by atoms with Crippen molar-refractivity contribution in [1.82, 2.24) is 0 Å². The number of nitrogens with two attached hydrogens (primary N) is 1. The lowest BCUT2D eigenvalue weighted by molar-refractivity contribution is 0.303. The van der Waals surface area contributed by atoms with E-state index in [0.29, 0.717) is 12.5 Å². The molecule has 1 aliphatic rings. The van der Waals surface area contributed by atoms with Crippen molar-refractivity contribution < 1.29 is 4.39 Å². The van der Waals surface area contributed by atoms with Gasteiger partial charge < -0.3 is 10.6 Å². The van der Waals surface area contributed by atoms with Gasteiger partial charge in [0.05, 0.1) is 5.54 Å². The zero-order valence-corrected chi connectivity index (χ0v) is 11.3. The molecule has 0 saturated heterocycles. The summed E-state index contributed by atoms with van der Waals surface area (Å²) in [5, 5.41) is 0. The largest absolute Gasteiger partial charge is 0.367 e. The Morgan fingerprint density at radius 1 is 1.39 bits per heavy atom. The average Bonchev–Trinajstić information content (AvgIpc) is 2.82. The van der Waals surface area contributed by atoms with Gasteiger partial charge in [-0.25, -0.2) is 4.39 Å². The summed E-state index contributed by atoms with van der Waals surface area (Å²) in [6, 6.07) is 6.73. The van der Waals surface area contributed by atoms with E-state index in [0.717, 1.165) is 18.5 Å². The van der Waals surface area contributed by atoms with Crippen LogP contribution < -0.4 is 10.6 Å². The number of halogens is 1. The Morgan fingerprint density at radius 3 is 2.61 bits per heavy atom. The molecule has 0 bridgehead atoms. The lowest BCUT2D eigenvalue weighted by Crippen LogP contribution is -2.55. The maximum absolute atomic E-state index is 13.0. The fourth-order valence-corrected chi connectivity index (χ4v) is 3.48. The standard InChI is InChI=1S/C15H23FN2/c1-3-12-5-4-10-15(12,11-17)18(2)14-8-6-13(16)7-9-14/h6-9,12H,3-5,10-11,17H2,1-2H3. The topological polar surface area (TPSA) is 29.3 Å². The van der Waals surface area contributed by atoms with E-state index in [1.807, 2.05) is 12.1 Å². The first-order valence-electron chi connectivity index (χ1n) is 6.83. The highest BCUT2D eigenvalue weighted by molar-refractivity contribution is 5.49. The zero-order chi connectivity index (χ0) is 13.2. The van der Waals surface area contributed by atoms with Crippen molar-refractivity contribution in [2.45, 2.75) is 38.1 Å². The summed E-state index contributed by atoms with van der Waals surface area (Å²) in [4.78, 5) is 2.27. The van der Waals surface area contributed by atoms with Gasteiger partial charge in [0.1, 0.15) is 5.82 Å². The van der Waals surface area contributed by atoms with E-state index in [1.165, 1.54) is 25.0 Å². The summed E-state index contributed by atoms with van der Waals surface area (Å²) in [6.07, 6.45) is 4.78. The number of anilines is 1. The molecule has 1 saturated carbocycles. The molecule has 2 rings (SSSR count). The molecule has 0 spiro atoms.